The summed E-state index contributed by atoms with van der Waals surface area (Å²) in [5.41, 5.74) is 0. The average Bonchev–Trinajstić information content (AvgIpc) is 2.18. The molecule has 0 N–H and O–H groups in total. The molecule has 2 bridgehead atoms. The lowest BCUT2D eigenvalue weighted by Gasteiger charge is -2.40. The Morgan fingerprint density at radius 1 is 1.50 bits per heavy atom. The topological polar surface area (TPSA) is 35.5 Å². The maximum Gasteiger partial charge on any atom is 0.309 e. The fourth-order valence-electron chi connectivity index (χ4n) is 2.25. The van der Waals surface area contributed by atoms with Gasteiger partial charge in [-0.15, -0.1) is 0 Å². The zero-order chi connectivity index (χ0) is 8.55. The average molecular weight is 170 g/mol. The number of hydrogen-bond acceptors (Lipinski definition) is 3. The Labute approximate surface area is 72.0 Å². The van der Waals surface area contributed by atoms with Crippen molar-refractivity contribution in [3.05, 3.63) is 0 Å². The molecule has 0 aromatic heterocycles. The number of methoxy groups -OCH3 is 1. The Morgan fingerprint density at radius 3 is 2.75 bits per heavy atom. The third-order valence-corrected chi connectivity index (χ3v) is 3.00. The first kappa shape index (κ1) is 8.05. The van der Waals surface area contributed by atoms with E-state index in [9.17, 15) is 4.79 Å². The largest absolute Gasteiger partial charge is 0.469 e. The molecule has 2 aliphatic heterocycles. The van der Waals surface area contributed by atoms with Gasteiger partial charge >= 0.3 is 5.97 Å². The summed E-state index contributed by atoms with van der Waals surface area (Å²) in [5, 5.41) is 0. The summed E-state index contributed by atoms with van der Waals surface area (Å²) in [4.78, 5) is 11.3. The second kappa shape index (κ2) is 3.05. The molecule has 0 amide bonds. The van der Waals surface area contributed by atoms with E-state index in [0.29, 0.717) is 12.0 Å². The molecule has 12 heavy (non-hydrogen) atoms. The van der Waals surface area contributed by atoms with Crippen molar-refractivity contribution < 1.29 is 14.3 Å². The van der Waals surface area contributed by atoms with Crippen LogP contribution in [-0.4, -0.2) is 25.8 Å². The quantitative estimate of drug-likeness (QED) is 0.550. The zero-order valence-corrected chi connectivity index (χ0v) is 7.29. The van der Waals surface area contributed by atoms with Gasteiger partial charge in [-0.05, 0) is 25.2 Å². The van der Waals surface area contributed by atoms with Crippen LogP contribution < -0.4 is 0 Å². The Hall–Kier alpha value is -0.570. The Balaban J connectivity index is 2.03. The van der Waals surface area contributed by atoms with Gasteiger partial charge in [-0.1, -0.05) is 0 Å². The summed E-state index contributed by atoms with van der Waals surface area (Å²) >= 11 is 0. The van der Waals surface area contributed by atoms with E-state index in [-0.39, 0.29) is 11.9 Å². The van der Waals surface area contributed by atoms with Crippen molar-refractivity contribution >= 4 is 5.97 Å². The molecular formula is C9H14O3. The van der Waals surface area contributed by atoms with Crippen LogP contribution in [0.3, 0.4) is 0 Å². The normalized spacial score (nSPS) is 39.6. The summed E-state index contributed by atoms with van der Waals surface area (Å²) < 4.78 is 10.2. The monoisotopic (exact) mass is 170 g/mol. The van der Waals surface area contributed by atoms with Crippen molar-refractivity contribution in [3.8, 4) is 0 Å². The number of rotatable bonds is 1. The molecule has 3 atom stereocenters. The standard InChI is InChI=1S/C9H14O3/c1-11-9(10)8-4-7-3-2-6(8)5-12-7/h6-8H,2-5H2,1H3. The molecule has 0 aromatic carbocycles. The first-order valence-electron chi connectivity index (χ1n) is 4.50. The lowest BCUT2D eigenvalue weighted by molar-refractivity contribution is -0.162. The summed E-state index contributed by atoms with van der Waals surface area (Å²) in [6.45, 7) is 0.754. The molecule has 2 saturated heterocycles. The molecule has 0 spiro atoms. The molecule has 0 aromatic rings. The summed E-state index contributed by atoms with van der Waals surface area (Å²) in [7, 11) is 1.46. The molecule has 3 unspecified atom stereocenters. The first-order chi connectivity index (χ1) is 5.81. The SMILES string of the molecule is COC(=O)C1CC2CCC1CO2. The minimum atomic E-state index is -0.0481. The highest BCUT2D eigenvalue weighted by molar-refractivity contribution is 5.73. The van der Waals surface area contributed by atoms with Gasteiger partial charge in [0.2, 0.25) is 0 Å². The van der Waals surface area contributed by atoms with Gasteiger partial charge in [-0.25, -0.2) is 0 Å². The summed E-state index contributed by atoms with van der Waals surface area (Å²) in [6, 6.07) is 0. The summed E-state index contributed by atoms with van der Waals surface area (Å²) in [6.07, 6.45) is 3.44. The molecule has 2 heterocycles. The summed E-state index contributed by atoms with van der Waals surface area (Å²) in [5.74, 6) is 0.484. The van der Waals surface area contributed by atoms with Gasteiger partial charge < -0.3 is 9.47 Å². The molecule has 1 aliphatic carbocycles. The van der Waals surface area contributed by atoms with Crippen LogP contribution in [0, 0.1) is 11.8 Å². The van der Waals surface area contributed by atoms with Gasteiger partial charge in [0.25, 0.3) is 0 Å². The molecular weight excluding hydrogens is 156 g/mol. The van der Waals surface area contributed by atoms with Crippen molar-refractivity contribution in [2.45, 2.75) is 25.4 Å². The van der Waals surface area contributed by atoms with Crippen molar-refractivity contribution in [1.29, 1.82) is 0 Å². The predicted molar refractivity (Wildman–Crippen MR) is 42.6 cm³/mol. The minimum absolute atomic E-state index is 0.0481. The van der Waals surface area contributed by atoms with Crippen LogP contribution in [0.1, 0.15) is 19.3 Å². The van der Waals surface area contributed by atoms with E-state index in [1.807, 2.05) is 0 Å². The number of esters is 1. The van der Waals surface area contributed by atoms with Crippen LogP contribution in [0.4, 0.5) is 0 Å². The highest BCUT2D eigenvalue weighted by atomic mass is 16.5. The van der Waals surface area contributed by atoms with Crippen molar-refractivity contribution in [2.24, 2.45) is 11.8 Å². The van der Waals surface area contributed by atoms with Gasteiger partial charge in [0.05, 0.1) is 25.7 Å². The van der Waals surface area contributed by atoms with Crippen LogP contribution >= 0.6 is 0 Å². The molecule has 68 valence electrons. The van der Waals surface area contributed by atoms with Gasteiger partial charge in [0, 0.05) is 0 Å². The van der Waals surface area contributed by atoms with Crippen LogP contribution in [0.25, 0.3) is 0 Å². The molecule has 3 nitrogen and oxygen atoms in total. The zero-order valence-electron chi connectivity index (χ0n) is 7.29. The van der Waals surface area contributed by atoms with E-state index in [2.05, 4.69) is 0 Å². The molecule has 3 aliphatic rings. The second-order valence-electron chi connectivity index (χ2n) is 3.66. The van der Waals surface area contributed by atoms with E-state index in [4.69, 9.17) is 9.47 Å². The molecule has 1 saturated carbocycles. The number of fused-ring (bicyclic) bond motifs is 3. The third kappa shape index (κ3) is 1.22. The van der Waals surface area contributed by atoms with Crippen molar-refractivity contribution in [2.75, 3.05) is 13.7 Å². The molecule has 3 rings (SSSR count). The van der Waals surface area contributed by atoms with E-state index >= 15 is 0 Å². The molecule has 0 radical (unpaired) electrons. The number of carbonyl (C=O) groups excluding carboxylic acids is 1. The maximum absolute atomic E-state index is 11.3. The van der Waals surface area contributed by atoms with Gasteiger partial charge in [-0.3, -0.25) is 4.79 Å². The van der Waals surface area contributed by atoms with Gasteiger partial charge in [0.15, 0.2) is 0 Å². The van der Waals surface area contributed by atoms with Crippen molar-refractivity contribution in [1.82, 2.24) is 0 Å². The highest BCUT2D eigenvalue weighted by Gasteiger charge is 2.40. The Kier molecular flexibility index (Phi) is 2.05. The van der Waals surface area contributed by atoms with E-state index < -0.39 is 0 Å². The lowest BCUT2D eigenvalue weighted by Crippen LogP contribution is -2.43. The fourth-order valence-corrected chi connectivity index (χ4v) is 2.25. The number of hydrogen-bond donors (Lipinski definition) is 0. The predicted octanol–water partition coefficient (Wildman–Crippen LogP) is 0.974. The smallest absolute Gasteiger partial charge is 0.309 e. The highest BCUT2D eigenvalue weighted by Crippen LogP contribution is 2.37. The molecule has 3 heteroatoms. The van der Waals surface area contributed by atoms with E-state index in [1.54, 1.807) is 0 Å². The van der Waals surface area contributed by atoms with Gasteiger partial charge in [-0.2, -0.15) is 0 Å². The first-order valence-corrected chi connectivity index (χ1v) is 4.50. The van der Waals surface area contributed by atoms with E-state index in [1.165, 1.54) is 7.11 Å². The fraction of sp³-hybridized carbons (Fsp3) is 0.889. The van der Waals surface area contributed by atoms with Crippen LogP contribution in [0.5, 0.6) is 0 Å². The second-order valence-corrected chi connectivity index (χ2v) is 3.66. The molecule has 3 fully saturated rings. The Bertz CT molecular complexity index is 182. The van der Waals surface area contributed by atoms with Crippen LogP contribution in [-0.2, 0) is 14.3 Å². The third-order valence-electron chi connectivity index (χ3n) is 3.00. The minimum Gasteiger partial charge on any atom is -0.469 e. The number of carbonyl (C=O) groups is 1. The Morgan fingerprint density at radius 2 is 2.33 bits per heavy atom. The lowest BCUT2D eigenvalue weighted by atomic mass is 9.76. The van der Waals surface area contributed by atoms with Crippen LogP contribution in [0.15, 0.2) is 0 Å². The van der Waals surface area contributed by atoms with Gasteiger partial charge in [0.1, 0.15) is 0 Å². The maximum atomic E-state index is 11.3. The van der Waals surface area contributed by atoms with Crippen LogP contribution in [0.2, 0.25) is 0 Å². The number of ether oxygens (including phenoxy) is 2. The van der Waals surface area contributed by atoms with Crippen molar-refractivity contribution in [3.63, 3.8) is 0 Å². The van der Waals surface area contributed by atoms with E-state index in [0.717, 1.165) is 25.9 Å².